The summed E-state index contributed by atoms with van der Waals surface area (Å²) in [5.74, 6) is 0.112. The number of rotatable bonds is 7. The molecule has 0 aliphatic carbocycles. The average Bonchev–Trinajstić information content (AvgIpc) is 2.45. The summed E-state index contributed by atoms with van der Waals surface area (Å²) in [7, 11) is 1.31. The van der Waals surface area contributed by atoms with Gasteiger partial charge in [0.2, 0.25) is 0 Å². The summed E-state index contributed by atoms with van der Waals surface area (Å²) in [6.07, 6.45) is -0.170. The van der Waals surface area contributed by atoms with Crippen LogP contribution in [0.3, 0.4) is 0 Å². The van der Waals surface area contributed by atoms with Crippen molar-refractivity contribution in [1.82, 2.24) is 5.32 Å². The molecule has 0 spiro atoms. The van der Waals surface area contributed by atoms with Crippen LogP contribution in [0.4, 0.5) is 0 Å². The molecule has 1 aromatic rings. The van der Waals surface area contributed by atoms with Crippen molar-refractivity contribution in [3.8, 4) is 5.75 Å². The second-order valence-corrected chi connectivity index (χ2v) is 5.79. The molecule has 0 aliphatic rings. The van der Waals surface area contributed by atoms with E-state index >= 15 is 0 Å². The summed E-state index contributed by atoms with van der Waals surface area (Å²) in [4.78, 5) is 23.9. The molecule has 0 bridgehead atoms. The third-order valence-electron chi connectivity index (χ3n) is 3.18. The molecule has 0 radical (unpaired) electrons. The van der Waals surface area contributed by atoms with Crippen molar-refractivity contribution < 1.29 is 19.1 Å². The van der Waals surface area contributed by atoms with Gasteiger partial charge in [-0.25, -0.2) is 4.79 Å². The molecule has 122 valence electrons. The van der Waals surface area contributed by atoms with Crippen LogP contribution in [0.1, 0.15) is 32.8 Å². The number of ether oxygens (including phenoxy) is 2. The Bertz CT molecular complexity index is 513. The summed E-state index contributed by atoms with van der Waals surface area (Å²) >= 11 is 0. The van der Waals surface area contributed by atoms with Crippen LogP contribution < -0.4 is 10.1 Å². The van der Waals surface area contributed by atoms with Gasteiger partial charge in [-0.15, -0.1) is 0 Å². The Labute approximate surface area is 132 Å². The Hall–Kier alpha value is -2.04. The molecule has 1 rings (SSSR count). The molecule has 0 fully saturated rings. The molecule has 1 N–H and O–H groups in total. The summed E-state index contributed by atoms with van der Waals surface area (Å²) in [5.41, 5.74) is 1.05. The molecule has 1 amide bonds. The fraction of sp³-hybridized carbons (Fsp3) is 0.529. The van der Waals surface area contributed by atoms with Gasteiger partial charge in [-0.2, -0.15) is 0 Å². The van der Waals surface area contributed by atoms with Gasteiger partial charge in [0.15, 0.2) is 6.10 Å². The molecule has 0 aliphatic heterocycles. The zero-order valence-corrected chi connectivity index (χ0v) is 13.9. The number of nitrogens with one attached hydrogen (secondary N) is 1. The Morgan fingerprint density at radius 2 is 1.91 bits per heavy atom. The molecule has 2 atom stereocenters. The number of benzene rings is 1. The first-order valence-corrected chi connectivity index (χ1v) is 7.45. The van der Waals surface area contributed by atoms with Crippen LogP contribution in [0.25, 0.3) is 0 Å². The summed E-state index contributed by atoms with van der Waals surface area (Å²) in [6, 6.07) is 6.82. The molecule has 0 unspecified atom stereocenters. The van der Waals surface area contributed by atoms with Gasteiger partial charge in [-0.05, 0) is 43.9 Å². The molecule has 0 saturated heterocycles. The van der Waals surface area contributed by atoms with E-state index in [9.17, 15) is 9.59 Å². The normalized spacial score (nSPS) is 13.4. The summed E-state index contributed by atoms with van der Waals surface area (Å²) < 4.78 is 10.3. The van der Waals surface area contributed by atoms with E-state index in [1.165, 1.54) is 7.11 Å². The van der Waals surface area contributed by atoms with Crippen LogP contribution in [0, 0.1) is 12.8 Å². The van der Waals surface area contributed by atoms with Crippen molar-refractivity contribution in [2.75, 3.05) is 7.11 Å². The maximum atomic E-state index is 12.2. The zero-order chi connectivity index (χ0) is 16.7. The highest BCUT2D eigenvalue weighted by Gasteiger charge is 2.25. The highest BCUT2D eigenvalue weighted by molar-refractivity contribution is 5.86. The van der Waals surface area contributed by atoms with Gasteiger partial charge in [0.25, 0.3) is 5.91 Å². The number of aryl methyl sites for hydroxylation is 1. The van der Waals surface area contributed by atoms with E-state index in [-0.39, 0.29) is 11.8 Å². The molecule has 1 aromatic carbocycles. The molecular formula is C17H25NO4. The molecule has 5 nitrogen and oxygen atoms in total. The quantitative estimate of drug-likeness (QED) is 0.786. The topological polar surface area (TPSA) is 64.6 Å². The van der Waals surface area contributed by atoms with E-state index < -0.39 is 18.1 Å². The zero-order valence-electron chi connectivity index (χ0n) is 13.9. The highest BCUT2D eigenvalue weighted by Crippen LogP contribution is 2.14. The van der Waals surface area contributed by atoms with Gasteiger partial charge in [0, 0.05) is 0 Å². The van der Waals surface area contributed by atoms with Gasteiger partial charge >= 0.3 is 5.97 Å². The van der Waals surface area contributed by atoms with E-state index in [2.05, 4.69) is 5.32 Å². The minimum absolute atomic E-state index is 0.261. The molecule has 0 heterocycles. The lowest BCUT2D eigenvalue weighted by Gasteiger charge is -2.21. The summed E-state index contributed by atoms with van der Waals surface area (Å²) in [6.45, 7) is 7.57. The van der Waals surface area contributed by atoms with Gasteiger partial charge in [-0.3, -0.25) is 4.79 Å². The second-order valence-electron chi connectivity index (χ2n) is 5.79. The van der Waals surface area contributed by atoms with Gasteiger partial charge in [0.1, 0.15) is 11.8 Å². The molecular weight excluding hydrogens is 282 g/mol. The highest BCUT2D eigenvalue weighted by atomic mass is 16.5. The number of hydrogen-bond acceptors (Lipinski definition) is 4. The predicted octanol–water partition coefficient (Wildman–Crippen LogP) is 2.47. The first kappa shape index (κ1) is 18.0. The molecule has 22 heavy (non-hydrogen) atoms. The maximum absolute atomic E-state index is 12.2. The van der Waals surface area contributed by atoms with Gasteiger partial charge in [-0.1, -0.05) is 26.0 Å². The Balaban J connectivity index is 2.66. The number of carbonyl (C=O) groups is 2. The van der Waals surface area contributed by atoms with Crippen molar-refractivity contribution in [2.45, 2.75) is 46.3 Å². The fourth-order valence-electron chi connectivity index (χ4n) is 2.06. The van der Waals surface area contributed by atoms with Crippen LogP contribution in [0.2, 0.25) is 0 Å². The van der Waals surface area contributed by atoms with E-state index in [0.29, 0.717) is 12.2 Å². The minimum atomic E-state index is -0.693. The number of amides is 1. The molecule has 5 heteroatoms. The van der Waals surface area contributed by atoms with E-state index in [1.807, 2.05) is 39.0 Å². The largest absolute Gasteiger partial charge is 0.481 e. The minimum Gasteiger partial charge on any atom is -0.481 e. The smallest absolute Gasteiger partial charge is 0.328 e. The lowest BCUT2D eigenvalue weighted by atomic mass is 10.0. The predicted molar refractivity (Wildman–Crippen MR) is 84.7 cm³/mol. The first-order chi connectivity index (χ1) is 10.3. The second kappa shape index (κ2) is 8.41. The van der Waals surface area contributed by atoms with Crippen LogP contribution in [-0.4, -0.2) is 31.1 Å². The van der Waals surface area contributed by atoms with Crippen molar-refractivity contribution in [3.63, 3.8) is 0 Å². The average molecular weight is 307 g/mol. The third kappa shape index (κ3) is 5.76. The monoisotopic (exact) mass is 307 g/mol. The van der Waals surface area contributed by atoms with Gasteiger partial charge in [0.05, 0.1) is 7.11 Å². The van der Waals surface area contributed by atoms with Crippen LogP contribution in [0.5, 0.6) is 5.75 Å². The lowest BCUT2D eigenvalue weighted by molar-refractivity contribution is -0.146. The van der Waals surface area contributed by atoms with Crippen LogP contribution in [-0.2, 0) is 14.3 Å². The van der Waals surface area contributed by atoms with Gasteiger partial charge < -0.3 is 14.8 Å². The van der Waals surface area contributed by atoms with Crippen molar-refractivity contribution in [3.05, 3.63) is 29.8 Å². The SMILES string of the molecule is COC(=O)[C@@H](CC(C)C)NC(=O)[C@H](C)Oc1cccc(C)c1. The Morgan fingerprint density at radius 3 is 2.45 bits per heavy atom. The van der Waals surface area contributed by atoms with Crippen LogP contribution >= 0.6 is 0 Å². The Kier molecular flexibility index (Phi) is 6.89. The maximum Gasteiger partial charge on any atom is 0.328 e. The van der Waals surface area contributed by atoms with Crippen molar-refractivity contribution in [1.29, 1.82) is 0 Å². The van der Waals surface area contributed by atoms with Crippen molar-refractivity contribution >= 4 is 11.9 Å². The first-order valence-electron chi connectivity index (χ1n) is 7.45. The third-order valence-corrected chi connectivity index (χ3v) is 3.18. The molecule has 0 aromatic heterocycles. The number of methoxy groups -OCH3 is 1. The summed E-state index contributed by atoms with van der Waals surface area (Å²) in [5, 5.41) is 2.70. The number of carbonyl (C=O) groups excluding carboxylic acids is 2. The fourth-order valence-corrected chi connectivity index (χ4v) is 2.06. The lowest BCUT2D eigenvalue weighted by Crippen LogP contribution is -2.47. The molecule has 0 saturated carbocycles. The van der Waals surface area contributed by atoms with E-state index in [0.717, 1.165) is 5.56 Å². The van der Waals surface area contributed by atoms with E-state index in [1.54, 1.807) is 13.0 Å². The van der Waals surface area contributed by atoms with Crippen molar-refractivity contribution in [2.24, 2.45) is 5.92 Å². The standard InChI is InChI=1S/C17H25NO4/c1-11(2)9-15(17(20)21-5)18-16(19)13(4)22-14-8-6-7-12(3)10-14/h6-8,10-11,13,15H,9H2,1-5H3,(H,18,19)/t13-,15+/m0/s1. The number of esters is 1. The van der Waals surface area contributed by atoms with E-state index in [4.69, 9.17) is 9.47 Å². The number of hydrogen-bond donors (Lipinski definition) is 1. The Morgan fingerprint density at radius 1 is 1.23 bits per heavy atom. The van der Waals surface area contributed by atoms with Crippen LogP contribution in [0.15, 0.2) is 24.3 Å².